The van der Waals surface area contributed by atoms with Crippen LogP contribution in [-0.2, 0) is 9.47 Å². The highest BCUT2D eigenvalue weighted by Crippen LogP contribution is 2.25. The van der Waals surface area contributed by atoms with Gasteiger partial charge in [-0.05, 0) is 44.1 Å². The van der Waals surface area contributed by atoms with Crippen LogP contribution in [0, 0.1) is 11.8 Å². The highest BCUT2D eigenvalue weighted by Gasteiger charge is 2.27. The zero-order valence-corrected chi connectivity index (χ0v) is 11.7. The molecule has 1 fully saturated rings. The van der Waals surface area contributed by atoms with Crippen molar-refractivity contribution in [2.75, 3.05) is 33.5 Å². The second-order valence-corrected chi connectivity index (χ2v) is 5.19. The Bertz CT molecular complexity index is 181. The van der Waals surface area contributed by atoms with Crippen LogP contribution in [0.25, 0.3) is 0 Å². The Morgan fingerprint density at radius 1 is 1.35 bits per heavy atom. The highest BCUT2D eigenvalue weighted by atomic mass is 16.5. The van der Waals surface area contributed by atoms with Crippen molar-refractivity contribution in [3.8, 4) is 0 Å². The summed E-state index contributed by atoms with van der Waals surface area (Å²) in [6.45, 7) is 8.45. The number of methoxy groups -OCH3 is 1. The van der Waals surface area contributed by atoms with Crippen LogP contribution in [0.4, 0.5) is 0 Å². The molecule has 0 amide bonds. The Hall–Kier alpha value is -0.120. The van der Waals surface area contributed by atoms with Crippen molar-refractivity contribution in [2.24, 2.45) is 11.8 Å². The maximum absolute atomic E-state index is 5.46. The molecule has 3 heteroatoms. The fourth-order valence-electron chi connectivity index (χ4n) is 2.70. The molecule has 2 unspecified atom stereocenters. The molecule has 0 aliphatic carbocycles. The third-order valence-electron chi connectivity index (χ3n) is 3.79. The molecule has 1 aliphatic rings. The van der Waals surface area contributed by atoms with Gasteiger partial charge in [0, 0.05) is 33.0 Å². The zero-order valence-electron chi connectivity index (χ0n) is 11.7. The molecule has 102 valence electrons. The van der Waals surface area contributed by atoms with E-state index in [1.165, 1.54) is 19.3 Å². The first-order valence-corrected chi connectivity index (χ1v) is 7.09. The van der Waals surface area contributed by atoms with E-state index in [-0.39, 0.29) is 0 Å². The lowest BCUT2D eigenvalue weighted by atomic mass is 9.83. The molecule has 0 aromatic heterocycles. The maximum Gasteiger partial charge on any atom is 0.0469 e. The minimum atomic E-state index is 0.633. The van der Waals surface area contributed by atoms with Crippen LogP contribution in [0.2, 0.25) is 0 Å². The van der Waals surface area contributed by atoms with Gasteiger partial charge in [0.25, 0.3) is 0 Å². The highest BCUT2D eigenvalue weighted by molar-refractivity contribution is 4.82. The van der Waals surface area contributed by atoms with Crippen molar-refractivity contribution >= 4 is 0 Å². The Balaban J connectivity index is 2.44. The van der Waals surface area contributed by atoms with Gasteiger partial charge in [0.1, 0.15) is 0 Å². The van der Waals surface area contributed by atoms with Crippen LogP contribution in [0.1, 0.15) is 39.5 Å². The molecule has 0 spiro atoms. The fourth-order valence-corrected chi connectivity index (χ4v) is 2.70. The van der Waals surface area contributed by atoms with E-state index in [1.807, 2.05) is 0 Å². The molecular weight excluding hydrogens is 214 g/mol. The summed E-state index contributed by atoms with van der Waals surface area (Å²) in [6.07, 6.45) is 4.77. The molecule has 1 aliphatic heterocycles. The molecule has 1 N–H and O–H groups in total. The Labute approximate surface area is 106 Å². The van der Waals surface area contributed by atoms with Gasteiger partial charge in [0.2, 0.25) is 0 Å². The van der Waals surface area contributed by atoms with E-state index in [1.54, 1.807) is 7.11 Å². The van der Waals surface area contributed by atoms with E-state index < -0.39 is 0 Å². The average Bonchev–Trinajstić information content (AvgIpc) is 2.38. The van der Waals surface area contributed by atoms with Crippen molar-refractivity contribution in [1.29, 1.82) is 0 Å². The fraction of sp³-hybridized carbons (Fsp3) is 1.00. The summed E-state index contributed by atoms with van der Waals surface area (Å²) in [5.74, 6) is 1.46. The summed E-state index contributed by atoms with van der Waals surface area (Å²) < 4.78 is 10.7. The minimum absolute atomic E-state index is 0.633. The van der Waals surface area contributed by atoms with Gasteiger partial charge in [-0.15, -0.1) is 0 Å². The van der Waals surface area contributed by atoms with Crippen molar-refractivity contribution < 1.29 is 9.47 Å². The predicted octanol–water partition coefficient (Wildman–Crippen LogP) is 2.45. The van der Waals surface area contributed by atoms with Crippen molar-refractivity contribution in [3.05, 3.63) is 0 Å². The molecular formula is C14H29NO2. The van der Waals surface area contributed by atoms with Crippen LogP contribution in [0.3, 0.4) is 0 Å². The first-order valence-electron chi connectivity index (χ1n) is 7.09. The van der Waals surface area contributed by atoms with Crippen molar-refractivity contribution in [2.45, 2.75) is 45.6 Å². The molecule has 0 radical (unpaired) electrons. The molecule has 1 heterocycles. The number of ether oxygens (including phenoxy) is 2. The van der Waals surface area contributed by atoms with Crippen LogP contribution in [-0.4, -0.2) is 39.5 Å². The standard InChI is InChI=1S/C14H29NO2/c1-4-8-15-14(12(2)5-9-16-3)13-6-10-17-11-7-13/h12-15H,4-11H2,1-3H3. The van der Waals surface area contributed by atoms with Gasteiger partial charge in [-0.3, -0.25) is 0 Å². The van der Waals surface area contributed by atoms with Crippen LogP contribution in [0.5, 0.6) is 0 Å². The van der Waals surface area contributed by atoms with Gasteiger partial charge >= 0.3 is 0 Å². The van der Waals surface area contributed by atoms with E-state index in [9.17, 15) is 0 Å². The summed E-state index contributed by atoms with van der Waals surface area (Å²) >= 11 is 0. The summed E-state index contributed by atoms with van der Waals surface area (Å²) in [5.41, 5.74) is 0. The van der Waals surface area contributed by atoms with E-state index in [0.29, 0.717) is 12.0 Å². The largest absolute Gasteiger partial charge is 0.385 e. The molecule has 1 rings (SSSR count). The summed E-state index contributed by atoms with van der Waals surface area (Å²) in [4.78, 5) is 0. The number of hydrogen-bond donors (Lipinski definition) is 1. The number of hydrogen-bond acceptors (Lipinski definition) is 3. The second kappa shape index (κ2) is 8.90. The van der Waals surface area contributed by atoms with Gasteiger partial charge in [0.15, 0.2) is 0 Å². The average molecular weight is 243 g/mol. The third kappa shape index (κ3) is 5.36. The number of rotatable bonds is 8. The second-order valence-electron chi connectivity index (χ2n) is 5.19. The zero-order chi connectivity index (χ0) is 12.5. The lowest BCUT2D eigenvalue weighted by Gasteiger charge is -2.35. The Kier molecular flexibility index (Phi) is 7.82. The monoisotopic (exact) mass is 243 g/mol. The first-order chi connectivity index (χ1) is 8.29. The van der Waals surface area contributed by atoms with Crippen LogP contribution >= 0.6 is 0 Å². The van der Waals surface area contributed by atoms with Gasteiger partial charge in [-0.25, -0.2) is 0 Å². The smallest absolute Gasteiger partial charge is 0.0469 e. The quantitative estimate of drug-likeness (QED) is 0.710. The lowest BCUT2D eigenvalue weighted by molar-refractivity contribution is 0.0425. The van der Waals surface area contributed by atoms with Crippen LogP contribution in [0.15, 0.2) is 0 Å². The SMILES string of the molecule is CCCNC(C(C)CCOC)C1CCOCC1. The minimum Gasteiger partial charge on any atom is -0.385 e. The van der Waals surface area contributed by atoms with Crippen molar-refractivity contribution in [1.82, 2.24) is 5.32 Å². The van der Waals surface area contributed by atoms with Gasteiger partial charge in [-0.1, -0.05) is 13.8 Å². The molecule has 3 nitrogen and oxygen atoms in total. The van der Waals surface area contributed by atoms with Gasteiger partial charge in [-0.2, -0.15) is 0 Å². The molecule has 0 bridgehead atoms. The van der Waals surface area contributed by atoms with Gasteiger partial charge in [0.05, 0.1) is 0 Å². The Morgan fingerprint density at radius 3 is 2.65 bits per heavy atom. The number of nitrogens with one attached hydrogen (secondary N) is 1. The molecule has 17 heavy (non-hydrogen) atoms. The molecule has 2 atom stereocenters. The molecule has 0 aromatic rings. The van der Waals surface area contributed by atoms with E-state index in [4.69, 9.17) is 9.47 Å². The summed E-state index contributed by atoms with van der Waals surface area (Å²) in [7, 11) is 1.79. The van der Waals surface area contributed by atoms with E-state index >= 15 is 0 Å². The predicted molar refractivity (Wildman–Crippen MR) is 71.3 cm³/mol. The Morgan fingerprint density at radius 2 is 2.06 bits per heavy atom. The molecule has 0 saturated carbocycles. The van der Waals surface area contributed by atoms with E-state index in [2.05, 4.69) is 19.2 Å². The van der Waals surface area contributed by atoms with E-state index in [0.717, 1.165) is 38.7 Å². The summed E-state index contributed by atoms with van der Waals surface area (Å²) in [5, 5.41) is 3.74. The topological polar surface area (TPSA) is 30.5 Å². The summed E-state index contributed by atoms with van der Waals surface area (Å²) in [6, 6.07) is 0.633. The molecule has 0 aromatic carbocycles. The molecule has 1 saturated heterocycles. The first kappa shape index (κ1) is 14.9. The van der Waals surface area contributed by atoms with Gasteiger partial charge < -0.3 is 14.8 Å². The normalized spacial score (nSPS) is 21.4. The lowest BCUT2D eigenvalue weighted by Crippen LogP contribution is -2.44. The third-order valence-corrected chi connectivity index (χ3v) is 3.79. The van der Waals surface area contributed by atoms with Crippen molar-refractivity contribution in [3.63, 3.8) is 0 Å². The maximum atomic E-state index is 5.46. The van der Waals surface area contributed by atoms with Crippen LogP contribution < -0.4 is 5.32 Å².